The van der Waals surface area contributed by atoms with Gasteiger partial charge in [0.15, 0.2) is 0 Å². The Morgan fingerprint density at radius 2 is 1.65 bits per heavy atom. The lowest BCUT2D eigenvalue weighted by Crippen LogP contribution is -2.29. The van der Waals surface area contributed by atoms with Gasteiger partial charge in [-0.3, -0.25) is 19.5 Å². The van der Waals surface area contributed by atoms with Crippen molar-refractivity contribution in [3.63, 3.8) is 0 Å². The van der Waals surface area contributed by atoms with Crippen LogP contribution in [-0.2, 0) is 15.0 Å². The Hall–Kier alpha value is -4.71. The second-order valence-corrected chi connectivity index (χ2v) is 11.1. The molecule has 1 aliphatic rings. The number of carbonyl (C=O) groups is 2. The molecule has 1 atom stereocenters. The Kier molecular flexibility index (Phi) is 7.03. The van der Waals surface area contributed by atoms with Crippen molar-refractivity contribution in [3.05, 3.63) is 125 Å². The number of aliphatic hydroxyl groups is 1. The molecule has 1 N–H and O–H groups in total. The number of Topliss-reactive ketones (excluding diaryl/α,β-unsaturated/α-hetero) is 1. The summed E-state index contributed by atoms with van der Waals surface area (Å²) < 4.78 is 5.98. The van der Waals surface area contributed by atoms with Crippen molar-refractivity contribution >= 4 is 23.1 Å². The van der Waals surface area contributed by atoms with Crippen molar-refractivity contribution in [1.29, 1.82) is 0 Å². The molecule has 0 aliphatic carbocycles. The lowest BCUT2D eigenvalue weighted by Gasteiger charge is -2.26. The number of pyridine rings is 1. The van der Waals surface area contributed by atoms with E-state index in [1.54, 1.807) is 48.8 Å². The van der Waals surface area contributed by atoms with E-state index in [1.807, 2.05) is 56.3 Å². The molecule has 40 heavy (non-hydrogen) atoms. The smallest absolute Gasteiger partial charge is 0.300 e. The summed E-state index contributed by atoms with van der Waals surface area (Å²) in [5.41, 5.74) is 4.42. The third kappa shape index (κ3) is 5.13. The number of carbonyl (C=O) groups excluding carboxylic acids is 2. The SMILES string of the molecule is Cc1cccc(Oc2ccc(N3C(=O)C(=O)/C(=C(/O)c4cc(C(C)(C)C)ccc4C)C3c3cccnc3)cc2)c1. The number of aliphatic hydroxyl groups excluding tert-OH is 1. The first-order valence-electron chi connectivity index (χ1n) is 13.2. The molecule has 0 bridgehead atoms. The lowest BCUT2D eigenvalue weighted by molar-refractivity contribution is -0.132. The maximum absolute atomic E-state index is 13.6. The van der Waals surface area contributed by atoms with Gasteiger partial charge in [-0.2, -0.15) is 0 Å². The number of hydrogen-bond acceptors (Lipinski definition) is 5. The number of amides is 1. The van der Waals surface area contributed by atoms with E-state index < -0.39 is 17.7 Å². The zero-order chi connectivity index (χ0) is 28.6. The Morgan fingerprint density at radius 1 is 0.900 bits per heavy atom. The Bertz CT molecular complexity index is 1620. The van der Waals surface area contributed by atoms with Gasteiger partial charge in [0.1, 0.15) is 17.3 Å². The van der Waals surface area contributed by atoms with Crippen LogP contribution in [0.3, 0.4) is 0 Å². The molecule has 0 saturated carbocycles. The number of anilines is 1. The van der Waals surface area contributed by atoms with Gasteiger partial charge in [0.25, 0.3) is 11.7 Å². The van der Waals surface area contributed by atoms with E-state index in [9.17, 15) is 14.7 Å². The summed E-state index contributed by atoms with van der Waals surface area (Å²) >= 11 is 0. The van der Waals surface area contributed by atoms with Crippen LogP contribution in [0.15, 0.2) is 96.8 Å². The monoisotopic (exact) mass is 532 g/mol. The normalized spacial score (nSPS) is 16.8. The highest BCUT2D eigenvalue weighted by atomic mass is 16.5. The highest BCUT2D eigenvalue weighted by Gasteiger charge is 2.47. The van der Waals surface area contributed by atoms with Gasteiger partial charge in [-0.15, -0.1) is 0 Å². The lowest BCUT2D eigenvalue weighted by atomic mass is 9.84. The molecule has 4 aromatic rings. The van der Waals surface area contributed by atoms with E-state index >= 15 is 0 Å². The zero-order valence-electron chi connectivity index (χ0n) is 23.3. The minimum Gasteiger partial charge on any atom is -0.507 e. The minimum absolute atomic E-state index is 0.0345. The molecular formula is C34H32N2O4. The molecule has 1 fully saturated rings. The van der Waals surface area contributed by atoms with Crippen molar-refractivity contribution in [2.75, 3.05) is 4.90 Å². The van der Waals surface area contributed by atoms with Gasteiger partial charge >= 0.3 is 0 Å². The number of aromatic nitrogens is 1. The van der Waals surface area contributed by atoms with Gasteiger partial charge in [-0.25, -0.2) is 0 Å². The zero-order valence-corrected chi connectivity index (χ0v) is 23.3. The summed E-state index contributed by atoms with van der Waals surface area (Å²) in [6.45, 7) is 10.1. The van der Waals surface area contributed by atoms with Crippen LogP contribution >= 0.6 is 0 Å². The van der Waals surface area contributed by atoms with Gasteiger partial charge in [0, 0.05) is 23.6 Å². The predicted octanol–water partition coefficient (Wildman–Crippen LogP) is 7.41. The predicted molar refractivity (Wildman–Crippen MR) is 157 cm³/mol. The molecule has 202 valence electrons. The molecule has 5 rings (SSSR count). The van der Waals surface area contributed by atoms with Gasteiger partial charge in [0.2, 0.25) is 0 Å². The Labute approximate surface area is 234 Å². The third-order valence-corrected chi connectivity index (χ3v) is 7.14. The summed E-state index contributed by atoms with van der Waals surface area (Å²) in [6.07, 6.45) is 3.24. The quantitative estimate of drug-likeness (QED) is 0.164. The summed E-state index contributed by atoms with van der Waals surface area (Å²) in [7, 11) is 0. The topological polar surface area (TPSA) is 79.7 Å². The first-order chi connectivity index (χ1) is 19.0. The van der Waals surface area contributed by atoms with Crippen LogP contribution in [0.2, 0.25) is 0 Å². The van der Waals surface area contributed by atoms with E-state index in [4.69, 9.17) is 4.74 Å². The molecule has 2 heterocycles. The van der Waals surface area contributed by atoms with Crippen LogP contribution < -0.4 is 9.64 Å². The number of hydrogen-bond donors (Lipinski definition) is 1. The first-order valence-corrected chi connectivity index (χ1v) is 13.2. The average Bonchev–Trinajstić information content (AvgIpc) is 3.19. The molecule has 6 heteroatoms. The number of ketones is 1. The second kappa shape index (κ2) is 10.5. The van der Waals surface area contributed by atoms with Crippen molar-refractivity contribution in [3.8, 4) is 11.5 Å². The highest BCUT2D eigenvalue weighted by molar-refractivity contribution is 6.51. The van der Waals surface area contributed by atoms with E-state index in [0.29, 0.717) is 28.3 Å². The number of rotatable bonds is 5. The summed E-state index contributed by atoms with van der Waals surface area (Å²) in [6, 6.07) is 23.3. The van der Waals surface area contributed by atoms with Gasteiger partial charge in [-0.05, 0) is 90.0 Å². The number of benzene rings is 3. The summed E-state index contributed by atoms with van der Waals surface area (Å²) in [4.78, 5) is 32.8. The molecule has 1 aromatic heterocycles. The van der Waals surface area contributed by atoms with Crippen LogP contribution in [-0.4, -0.2) is 21.8 Å². The summed E-state index contributed by atoms with van der Waals surface area (Å²) in [5, 5.41) is 11.6. The maximum atomic E-state index is 13.6. The van der Waals surface area contributed by atoms with Crippen molar-refractivity contribution in [2.45, 2.75) is 46.1 Å². The second-order valence-electron chi connectivity index (χ2n) is 11.1. The molecule has 1 unspecified atom stereocenters. The van der Waals surface area contributed by atoms with E-state index in [-0.39, 0.29) is 16.7 Å². The molecular weight excluding hydrogens is 500 g/mol. The van der Waals surface area contributed by atoms with E-state index in [2.05, 4.69) is 25.8 Å². The van der Waals surface area contributed by atoms with Crippen LogP contribution in [0.25, 0.3) is 5.76 Å². The summed E-state index contributed by atoms with van der Waals surface area (Å²) in [5.74, 6) is -0.355. The van der Waals surface area contributed by atoms with Crippen LogP contribution in [0.4, 0.5) is 5.69 Å². The maximum Gasteiger partial charge on any atom is 0.300 e. The largest absolute Gasteiger partial charge is 0.507 e. The molecule has 1 aliphatic heterocycles. The number of nitrogens with zero attached hydrogens (tertiary/aromatic N) is 2. The van der Waals surface area contributed by atoms with E-state index in [1.165, 1.54) is 4.90 Å². The molecule has 1 amide bonds. The van der Waals surface area contributed by atoms with Crippen LogP contribution in [0.1, 0.15) is 54.6 Å². The average molecular weight is 533 g/mol. The fourth-order valence-electron chi connectivity index (χ4n) is 4.93. The van der Waals surface area contributed by atoms with Crippen molar-refractivity contribution in [1.82, 2.24) is 4.98 Å². The Morgan fingerprint density at radius 3 is 2.30 bits per heavy atom. The minimum atomic E-state index is -0.852. The van der Waals surface area contributed by atoms with E-state index in [0.717, 1.165) is 16.7 Å². The number of ether oxygens (including phenoxy) is 1. The first kappa shape index (κ1) is 26.9. The van der Waals surface area contributed by atoms with Crippen molar-refractivity contribution in [2.24, 2.45) is 0 Å². The third-order valence-electron chi connectivity index (χ3n) is 7.14. The standard InChI is InChI=1S/C34H32N2O4/c1-21-8-6-10-27(18-21)40-26-15-13-25(14-16-26)36-30(23-9-7-17-35-20-23)29(32(38)33(36)39)31(37)28-19-24(34(3,4)5)12-11-22(28)2/h6-20,30,37H,1-5H3/b31-29+. The van der Waals surface area contributed by atoms with Crippen molar-refractivity contribution < 1.29 is 19.4 Å². The van der Waals surface area contributed by atoms with Gasteiger partial charge in [0.05, 0.1) is 11.6 Å². The van der Waals surface area contributed by atoms with Gasteiger partial charge in [-0.1, -0.05) is 51.1 Å². The van der Waals surface area contributed by atoms with Crippen LogP contribution in [0, 0.1) is 13.8 Å². The molecule has 3 aromatic carbocycles. The molecule has 0 spiro atoms. The number of aryl methyl sites for hydroxylation is 2. The molecule has 1 saturated heterocycles. The highest BCUT2D eigenvalue weighted by Crippen LogP contribution is 2.43. The molecule has 0 radical (unpaired) electrons. The fraction of sp³-hybridized carbons (Fsp3) is 0.206. The van der Waals surface area contributed by atoms with Crippen LogP contribution in [0.5, 0.6) is 11.5 Å². The molecule has 6 nitrogen and oxygen atoms in total. The fourth-order valence-corrected chi connectivity index (χ4v) is 4.93. The Balaban J connectivity index is 1.60. The van der Waals surface area contributed by atoms with Gasteiger partial charge < -0.3 is 9.84 Å².